The Morgan fingerprint density at radius 1 is 0.867 bits per heavy atom. The Balaban J connectivity index is 1.48. The molecule has 0 aromatic heterocycles. The number of aryl methyl sites for hydroxylation is 1. The number of rotatable bonds is 5. The van der Waals surface area contributed by atoms with E-state index in [-0.39, 0.29) is 17.7 Å². The third kappa shape index (κ3) is 4.38. The average Bonchev–Trinajstić information content (AvgIpc) is 2.78. The molecule has 0 fully saturated rings. The first-order valence-corrected chi connectivity index (χ1v) is 9.75. The van der Waals surface area contributed by atoms with Crippen molar-refractivity contribution in [3.8, 4) is 0 Å². The van der Waals surface area contributed by atoms with Gasteiger partial charge in [0.05, 0.1) is 11.3 Å². The van der Waals surface area contributed by atoms with Gasteiger partial charge in [0.15, 0.2) is 0 Å². The summed E-state index contributed by atoms with van der Waals surface area (Å²) in [4.78, 5) is 37.0. The fourth-order valence-corrected chi connectivity index (χ4v) is 3.38. The Morgan fingerprint density at radius 2 is 1.63 bits per heavy atom. The number of benzene rings is 3. The average molecular weight is 399 g/mol. The number of hydrogen-bond acceptors (Lipinski definition) is 3. The predicted molar refractivity (Wildman–Crippen MR) is 115 cm³/mol. The van der Waals surface area contributed by atoms with Gasteiger partial charge in [0.1, 0.15) is 0 Å². The zero-order valence-corrected chi connectivity index (χ0v) is 16.3. The van der Waals surface area contributed by atoms with Crippen LogP contribution in [0, 0.1) is 0 Å². The zero-order chi connectivity index (χ0) is 20.9. The maximum absolute atomic E-state index is 12.8. The van der Waals surface area contributed by atoms with Crippen molar-refractivity contribution >= 4 is 29.1 Å². The van der Waals surface area contributed by atoms with Gasteiger partial charge in [-0.05, 0) is 47.9 Å². The van der Waals surface area contributed by atoms with Gasteiger partial charge in [0.2, 0.25) is 5.91 Å². The highest BCUT2D eigenvalue weighted by Gasteiger charge is 2.18. The minimum absolute atomic E-state index is 0.0184. The standard InChI is InChI=1S/C24H21N3O3/c28-22-13-11-17-14-18(10-12-20(17)26-22)23(29)27-21-9-5-4-8-19(21)24(30)25-15-16-6-2-1-3-7-16/h1-10,12,14H,11,13,15H2,(H,25,30)(H,26,28)(H,27,29). The van der Waals surface area contributed by atoms with Gasteiger partial charge in [-0.1, -0.05) is 42.5 Å². The molecule has 0 saturated heterocycles. The number of hydrogen-bond donors (Lipinski definition) is 3. The first-order valence-electron chi connectivity index (χ1n) is 9.75. The monoisotopic (exact) mass is 399 g/mol. The van der Waals surface area contributed by atoms with Gasteiger partial charge in [-0.25, -0.2) is 0 Å². The minimum Gasteiger partial charge on any atom is -0.348 e. The number of nitrogens with one attached hydrogen (secondary N) is 3. The molecule has 1 aliphatic rings. The molecule has 3 aromatic carbocycles. The Labute approximate surface area is 174 Å². The normalized spacial score (nSPS) is 12.5. The smallest absolute Gasteiger partial charge is 0.255 e. The molecule has 0 unspecified atom stereocenters. The maximum Gasteiger partial charge on any atom is 0.255 e. The molecule has 0 radical (unpaired) electrons. The van der Waals surface area contributed by atoms with Crippen molar-refractivity contribution in [2.75, 3.05) is 10.6 Å². The summed E-state index contributed by atoms with van der Waals surface area (Å²) < 4.78 is 0. The van der Waals surface area contributed by atoms with Crippen LogP contribution >= 0.6 is 0 Å². The molecule has 0 saturated carbocycles. The van der Waals surface area contributed by atoms with Crippen LogP contribution in [0.3, 0.4) is 0 Å². The molecule has 0 bridgehead atoms. The number of amides is 3. The molecule has 4 rings (SSSR count). The van der Waals surface area contributed by atoms with Crippen LogP contribution < -0.4 is 16.0 Å². The van der Waals surface area contributed by atoms with E-state index in [1.165, 1.54) is 0 Å². The van der Waals surface area contributed by atoms with Crippen molar-refractivity contribution in [2.45, 2.75) is 19.4 Å². The molecule has 1 aliphatic heterocycles. The van der Waals surface area contributed by atoms with E-state index in [0.29, 0.717) is 36.2 Å². The van der Waals surface area contributed by atoms with Crippen LogP contribution in [-0.2, 0) is 17.8 Å². The summed E-state index contributed by atoms with van der Waals surface area (Å²) in [6, 6.07) is 21.7. The second kappa shape index (κ2) is 8.61. The maximum atomic E-state index is 12.8. The fraction of sp³-hybridized carbons (Fsp3) is 0.125. The van der Waals surface area contributed by atoms with E-state index in [4.69, 9.17) is 0 Å². The Morgan fingerprint density at radius 3 is 2.47 bits per heavy atom. The lowest BCUT2D eigenvalue weighted by Gasteiger charge is -2.17. The van der Waals surface area contributed by atoms with Crippen molar-refractivity contribution in [1.82, 2.24) is 5.32 Å². The Kier molecular flexibility index (Phi) is 5.57. The van der Waals surface area contributed by atoms with E-state index < -0.39 is 0 Å². The highest BCUT2D eigenvalue weighted by molar-refractivity contribution is 6.09. The number of carbonyl (C=O) groups excluding carboxylic acids is 3. The van der Waals surface area contributed by atoms with Crippen molar-refractivity contribution in [3.05, 3.63) is 95.1 Å². The molecule has 0 spiro atoms. The van der Waals surface area contributed by atoms with Gasteiger partial charge in [0.25, 0.3) is 11.8 Å². The Hall–Kier alpha value is -3.93. The molecule has 1 heterocycles. The molecule has 0 aliphatic carbocycles. The fourth-order valence-electron chi connectivity index (χ4n) is 3.38. The quantitative estimate of drug-likeness (QED) is 0.611. The van der Waals surface area contributed by atoms with Crippen LogP contribution in [0.4, 0.5) is 11.4 Å². The van der Waals surface area contributed by atoms with E-state index in [1.54, 1.807) is 42.5 Å². The molecule has 30 heavy (non-hydrogen) atoms. The molecule has 3 aromatic rings. The van der Waals surface area contributed by atoms with Crippen LogP contribution in [-0.4, -0.2) is 17.7 Å². The van der Waals surface area contributed by atoms with Crippen molar-refractivity contribution < 1.29 is 14.4 Å². The van der Waals surface area contributed by atoms with Gasteiger partial charge in [-0.3, -0.25) is 14.4 Å². The predicted octanol–water partition coefficient (Wildman–Crippen LogP) is 3.75. The minimum atomic E-state index is -0.307. The molecular formula is C24H21N3O3. The second-order valence-electron chi connectivity index (χ2n) is 7.09. The van der Waals surface area contributed by atoms with Gasteiger partial charge in [-0.15, -0.1) is 0 Å². The van der Waals surface area contributed by atoms with Crippen molar-refractivity contribution in [1.29, 1.82) is 0 Å². The topological polar surface area (TPSA) is 87.3 Å². The van der Waals surface area contributed by atoms with E-state index in [2.05, 4.69) is 16.0 Å². The number of para-hydroxylation sites is 1. The SMILES string of the molecule is O=C1CCc2cc(C(=O)Nc3ccccc3C(=O)NCc3ccccc3)ccc2N1. The first-order chi connectivity index (χ1) is 14.6. The summed E-state index contributed by atoms with van der Waals surface area (Å²) in [5, 5.41) is 8.52. The van der Waals surface area contributed by atoms with Gasteiger partial charge >= 0.3 is 0 Å². The molecule has 6 heteroatoms. The summed E-state index contributed by atoms with van der Waals surface area (Å²) in [5.74, 6) is -0.587. The highest BCUT2D eigenvalue weighted by atomic mass is 16.2. The molecule has 3 amide bonds. The molecule has 0 atom stereocenters. The Bertz CT molecular complexity index is 1110. The number of carbonyl (C=O) groups is 3. The molecular weight excluding hydrogens is 378 g/mol. The third-order valence-corrected chi connectivity index (χ3v) is 4.98. The summed E-state index contributed by atoms with van der Waals surface area (Å²) >= 11 is 0. The van der Waals surface area contributed by atoms with Crippen LogP contribution in [0.5, 0.6) is 0 Å². The van der Waals surface area contributed by atoms with Crippen molar-refractivity contribution in [2.24, 2.45) is 0 Å². The zero-order valence-electron chi connectivity index (χ0n) is 16.3. The highest BCUT2D eigenvalue weighted by Crippen LogP contribution is 2.24. The largest absolute Gasteiger partial charge is 0.348 e. The first kappa shape index (κ1) is 19.4. The molecule has 3 N–H and O–H groups in total. The lowest BCUT2D eigenvalue weighted by Crippen LogP contribution is -2.25. The van der Waals surface area contributed by atoms with Crippen LogP contribution in [0.15, 0.2) is 72.8 Å². The summed E-state index contributed by atoms with van der Waals surface area (Å²) in [7, 11) is 0. The van der Waals surface area contributed by atoms with Gasteiger partial charge < -0.3 is 16.0 Å². The van der Waals surface area contributed by atoms with E-state index in [0.717, 1.165) is 16.8 Å². The van der Waals surface area contributed by atoms with Crippen LogP contribution in [0.25, 0.3) is 0 Å². The lowest BCUT2D eigenvalue weighted by molar-refractivity contribution is -0.116. The summed E-state index contributed by atoms with van der Waals surface area (Å²) in [6.45, 7) is 0.401. The number of fused-ring (bicyclic) bond motifs is 1. The molecule has 150 valence electrons. The second-order valence-corrected chi connectivity index (χ2v) is 7.09. The number of anilines is 2. The van der Waals surface area contributed by atoms with Crippen LogP contribution in [0.1, 0.15) is 38.3 Å². The van der Waals surface area contributed by atoms with Crippen molar-refractivity contribution in [3.63, 3.8) is 0 Å². The summed E-state index contributed by atoms with van der Waals surface area (Å²) in [6.07, 6.45) is 1.00. The van der Waals surface area contributed by atoms with Crippen LogP contribution in [0.2, 0.25) is 0 Å². The van der Waals surface area contributed by atoms with E-state index >= 15 is 0 Å². The summed E-state index contributed by atoms with van der Waals surface area (Å²) in [5.41, 5.74) is 3.98. The molecule has 6 nitrogen and oxygen atoms in total. The van der Waals surface area contributed by atoms with Gasteiger partial charge in [0, 0.05) is 24.2 Å². The van der Waals surface area contributed by atoms with E-state index in [1.807, 2.05) is 30.3 Å². The lowest BCUT2D eigenvalue weighted by atomic mass is 10.00. The van der Waals surface area contributed by atoms with Gasteiger partial charge in [-0.2, -0.15) is 0 Å². The third-order valence-electron chi connectivity index (χ3n) is 4.98. The van der Waals surface area contributed by atoms with E-state index in [9.17, 15) is 14.4 Å².